The molecule has 0 saturated carbocycles. The molecule has 7 heteroatoms. The number of rotatable bonds is 2. The molecular weight excluding hydrogens is 317 g/mol. The van der Waals surface area contributed by atoms with Crippen molar-refractivity contribution in [3.05, 3.63) is 41.9 Å². The van der Waals surface area contributed by atoms with Crippen LogP contribution in [-0.4, -0.2) is 34.9 Å². The number of likely N-dealkylation sites (tertiary alicyclic amines) is 1. The summed E-state index contributed by atoms with van der Waals surface area (Å²) in [7, 11) is 0. The molecule has 0 bridgehead atoms. The van der Waals surface area contributed by atoms with Gasteiger partial charge in [0.2, 0.25) is 0 Å². The van der Waals surface area contributed by atoms with Gasteiger partial charge in [0.1, 0.15) is 11.4 Å². The summed E-state index contributed by atoms with van der Waals surface area (Å²) in [5.74, 6) is -1.39. The molecule has 0 atom stereocenters. The number of benzene rings is 1. The summed E-state index contributed by atoms with van der Waals surface area (Å²) in [6.07, 6.45) is 4.85. The van der Waals surface area contributed by atoms with E-state index in [1.54, 1.807) is 6.20 Å². The second-order valence-electron chi connectivity index (χ2n) is 5.52. The van der Waals surface area contributed by atoms with Gasteiger partial charge in [0.05, 0.1) is 5.69 Å². The van der Waals surface area contributed by atoms with E-state index in [1.807, 2.05) is 4.90 Å². The van der Waals surface area contributed by atoms with Crippen molar-refractivity contribution in [2.24, 2.45) is 0 Å². The fraction of sp³-hybridized carbons (Fsp3) is 0.312. The Balaban J connectivity index is 1.90. The molecule has 120 valence electrons. The van der Waals surface area contributed by atoms with Crippen molar-refractivity contribution in [1.29, 1.82) is 0 Å². The summed E-state index contributed by atoms with van der Waals surface area (Å²) in [6, 6.07) is 5.40. The molecule has 2 amide bonds. The van der Waals surface area contributed by atoms with Crippen LogP contribution in [0.4, 0.5) is 10.1 Å². The standard InChI is InChI=1S/C16H16FN3O2S/c17-11-4-6-12(7-5-11)20-15(22)13(14(21)18-16(20)23)10-19-8-2-1-3-9-19/h4-7,10H,1-3,8-9H2,(H,18,21,23)/b13-10-. The van der Waals surface area contributed by atoms with Gasteiger partial charge in [-0.1, -0.05) is 0 Å². The van der Waals surface area contributed by atoms with Crippen LogP contribution in [0.5, 0.6) is 0 Å². The van der Waals surface area contributed by atoms with Gasteiger partial charge in [-0.05, 0) is 55.7 Å². The lowest BCUT2D eigenvalue weighted by atomic mass is 10.1. The number of anilines is 1. The molecule has 3 rings (SSSR count). The lowest BCUT2D eigenvalue weighted by Crippen LogP contribution is -2.54. The number of halogens is 1. The van der Waals surface area contributed by atoms with Crippen LogP contribution in [0.15, 0.2) is 36.0 Å². The fourth-order valence-electron chi connectivity index (χ4n) is 2.70. The van der Waals surface area contributed by atoms with E-state index in [0.29, 0.717) is 5.69 Å². The molecule has 2 aliphatic rings. The van der Waals surface area contributed by atoms with Crippen LogP contribution in [0.2, 0.25) is 0 Å². The van der Waals surface area contributed by atoms with Crippen molar-refractivity contribution in [2.75, 3.05) is 18.0 Å². The van der Waals surface area contributed by atoms with Crippen LogP contribution in [0.25, 0.3) is 0 Å². The molecule has 2 saturated heterocycles. The number of thiocarbonyl (C=S) groups is 1. The number of carbonyl (C=O) groups is 2. The molecule has 0 aliphatic carbocycles. The van der Waals surface area contributed by atoms with Gasteiger partial charge in [-0.25, -0.2) is 4.39 Å². The van der Waals surface area contributed by atoms with E-state index >= 15 is 0 Å². The fourth-order valence-corrected chi connectivity index (χ4v) is 2.98. The van der Waals surface area contributed by atoms with Gasteiger partial charge in [-0.15, -0.1) is 0 Å². The smallest absolute Gasteiger partial charge is 0.271 e. The van der Waals surface area contributed by atoms with E-state index in [-0.39, 0.29) is 10.7 Å². The topological polar surface area (TPSA) is 52.7 Å². The average Bonchev–Trinajstić information content (AvgIpc) is 2.54. The van der Waals surface area contributed by atoms with Crippen molar-refractivity contribution in [3.8, 4) is 0 Å². The lowest BCUT2D eigenvalue weighted by Gasteiger charge is -2.31. The highest BCUT2D eigenvalue weighted by atomic mass is 32.1. The Morgan fingerprint density at radius 3 is 2.39 bits per heavy atom. The van der Waals surface area contributed by atoms with E-state index in [4.69, 9.17) is 12.2 Å². The maximum atomic E-state index is 13.1. The van der Waals surface area contributed by atoms with E-state index in [9.17, 15) is 14.0 Å². The zero-order valence-corrected chi connectivity index (χ0v) is 13.2. The highest BCUT2D eigenvalue weighted by molar-refractivity contribution is 7.80. The van der Waals surface area contributed by atoms with Gasteiger partial charge >= 0.3 is 0 Å². The summed E-state index contributed by atoms with van der Waals surface area (Å²) < 4.78 is 13.1. The highest BCUT2D eigenvalue weighted by Crippen LogP contribution is 2.22. The maximum Gasteiger partial charge on any atom is 0.271 e. The molecular formula is C16H16FN3O2S. The van der Waals surface area contributed by atoms with E-state index < -0.39 is 17.6 Å². The van der Waals surface area contributed by atoms with Gasteiger partial charge in [-0.2, -0.15) is 0 Å². The summed E-state index contributed by atoms with van der Waals surface area (Å²) in [6.45, 7) is 1.65. The van der Waals surface area contributed by atoms with Crippen LogP contribution in [0.3, 0.4) is 0 Å². The number of carbonyl (C=O) groups excluding carboxylic acids is 2. The summed E-state index contributed by atoms with van der Waals surface area (Å²) in [4.78, 5) is 28.0. The Morgan fingerprint density at radius 2 is 1.74 bits per heavy atom. The van der Waals surface area contributed by atoms with Crippen molar-refractivity contribution in [1.82, 2.24) is 10.2 Å². The molecule has 0 aromatic heterocycles. The van der Waals surface area contributed by atoms with Gasteiger partial charge in [0.25, 0.3) is 11.8 Å². The molecule has 0 radical (unpaired) electrons. The number of piperidine rings is 1. The molecule has 1 aromatic rings. The molecule has 2 fully saturated rings. The Hall–Kier alpha value is -2.28. The second-order valence-corrected chi connectivity index (χ2v) is 5.90. The van der Waals surface area contributed by atoms with E-state index in [1.165, 1.54) is 29.2 Å². The first-order chi connectivity index (χ1) is 11.1. The minimum atomic E-state index is -0.496. The van der Waals surface area contributed by atoms with Gasteiger partial charge in [0, 0.05) is 19.3 Å². The summed E-state index contributed by atoms with van der Waals surface area (Å²) >= 11 is 5.09. The summed E-state index contributed by atoms with van der Waals surface area (Å²) in [5, 5.41) is 2.52. The maximum absolute atomic E-state index is 13.1. The monoisotopic (exact) mass is 333 g/mol. The first kappa shape index (κ1) is 15.6. The van der Waals surface area contributed by atoms with Crippen LogP contribution in [0.1, 0.15) is 19.3 Å². The number of amides is 2. The minimum absolute atomic E-state index is 0.00222. The number of hydrogen-bond acceptors (Lipinski definition) is 4. The quantitative estimate of drug-likeness (QED) is 0.511. The Kier molecular flexibility index (Phi) is 4.38. The molecule has 23 heavy (non-hydrogen) atoms. The van der Waals surface area contributed by atoms with Gasteiger partial charge in [0.15, 0.2) is 5.11 Å². The molecule has 0 unspecified atom stereocenters. The Bertz CT molecular complexity index is 681. The number of hydrogen-bond donors (Lipinski definition) is 1. The third-order valence-corrected chi connectivity index (χ3v) is 4.17. The Morgan fingerprint density at radius 1 is 1.09 bits per heavy atom. The van der Waals surface area contributed by atoms with Gasteiger partial charge < -0.3 is 4.90 Å². The number of nitrogens with one attached hydrogen (secondary N) is 1. The van der Waals surface area contributed by atoms with Crippen molar-refractivity contribution in [3.63, 3.8) is 0 Å². The highest BCUT2D eigenvalue weighted by Gasteiger charge is 2.35. The molecule has 5 nitrogen and oxygen atoms in total. The van der Waals surface area contributed by atoms with Crippen molar-refractivity contribution in [2.45, 2.75) is 19.3 Å². The third kappa shape index (κ3) is 3.24. The molecule has 2 heterocycles. The molecule has 0 spiro atoms. The zero-order valence-electron chi connectivity index (χ0n) is 12.4. The molecule has 2 aliphatic heterocycles. The van der Waals surface area contributed by atoms with E-state index in [2.05, 4.69) is 5.32 Å². The minimum Gasteiger partial charge on any atom is -0.377 e. The third-order valence-electron chi connectivity index (χ3n) is 3.89. The van der Waals surface area contributed by atoms with E-state index in [0.717, 1.165) is 32.4 Å². The normalized spacial score (nSPS) is 20.9. The van der Waals surface area contributed by atoms with Gasteiger partial charge in [-0.3, -0.25) is 19.8 Å². The average molecular weight is 333 g/mol. The van der Waals surface area contributed by atoms with Crippen LogP contribution in [-0.2, 0) is 9.59 Å². The number of nitrogens with zero attached hydrogens (tertiary/aromatic N) is 2. The first-order valence-corrected chi connectivity index (χ1v) is 7.88. The lowest BCUT2D eigenvalue weighted by molar-refractivity contribution is -0.122. The van der Waals surface area contributed by atoms with Crippen molar-refractivity contribution >= 4 is 34.8 Å². The SMILES string of the molecule is O=C1NC(=S)N(c2ccc(F)cc2)C(=O)/C1=C\N1CCCCC1. The molecule has 1 aromatic carbocycles. The van der Waals surface area contributed by atoms with Crippen LogP contribution >= 0.6 is 12.2 Å². The molecule has 1 N–H and O–H groups in total. The Labute approximate surface area is 138 Å². The van der Waals surface area contributed by atoms with Crippen LogP contribution in [0, 0.1) is 5.82 Å². The predicted molar refractivity (Wildman–Crippen MR) is 88.1 cm³/mol. The second kappa shape index (κ2) is 6.45. The first-order valence-electron chi connectivity index (χ1n) is 7.47. The van der Waals surface area contributed by atoms with Crippen molar-refractivity contribution < 1.29 is 14.0 Å². The zero-order chi connectivity index (χ0) is 16.4. The summed E-state index contributed by atoms with van der Waals surface area (Å²) in [5.41, 5.74) is 0.468. The predicted octanol–water partition coefficient (Wildman–Crippen LogP) is 1.94. The van der Waals surface area contributed by atoms with Crippen LogP contribution < -0.4 is 10.2 Å². The largest absolute Gasteiger partial charge is 0.377 e.